The number of hydrogen-bond donors (Lipinski definition) is 2. The fourth-order valence-corrected chi connectivity index (χ4v) is 6.03. The molecule has 0 aliphatic rings. The predicted molar refractivity (Wildman–Crippen MR) is 253 cm³/mol. The zero-order chi connectivity index (χ0) is 45.1. The van der Waals surface area contributed by atoms with E-state index in [0.717, 1.165) is 57.8 Å². The summed E-state index contributed by atoms with van der Waals surface area (Å²) in [7, 11) is 1.38. The van der Waals surface area contributed by atoms with Crippen LogP contribution in [0.5, 0.6) is 0 Å². The van der Waals surface area contributed by atoms with Crippen molar-refractivity contribution in [3.8, 4) is 0 Å². The summed E-state index contributed by atoms with van der Waals surface area (Å²) >= 11 is 0. The quantitative estimate of drug-likeness (QED) is 0.0155. The molecule has 0 spiro atoms. The lowest BCUT2D eigenvalue weighted by Crippen LogP contribution is -2.37. The first kappa shape index (κ1) is 57.6. The van der Waals surface area contributed by atoms with E-state index in [0.29, 0.717) is 36.7 Å². The number of esters is 2. The third kappa shape index (κ3) is 44.5. The van der Waals surface area contributed by atoms with Gasteiger partial charge in [-0.2, -0.15) is 0 Å². The van der Waals surface area contributed by atoms with Crippen molar-refractivity contribution in [3.63, 3.8) is 0 Å². The number of quaternary nitrogens is 1. The highest BCUT2D eigenvalue weighted by molar-refractivity contribution is 7.47. The number of phosphoric acid groups is 1. The lowest BCUT2D eigenvalue weighted by atomic mass is 10.1. The largest absolute Gasteiger partial charge is 0.472 e. The average molecular weight is 873 g/mol. The summed E-state index contributed by atoms with van der Waals surface area (Å²) in [4.78, 5) is 35.4. The summed E-state index contributed by atoms with van der Waals surface area (Å²) in [5.41, 5.74) is 0. The maximum atomic E-state index is 12.7. The number of aliphatic hydroxyl groups excluding tert-OH is 1. The number of unbranched alkanes of at least 4 members (excludes halogenated alkanes) is 7. The van der Waals surface area contributed by atoms with Crippen LogP contribution in [0.2, 0.25) is 0 Å². The Morgan fingerprint density at radius 1 is 0.607 bits per heavy atom. The molecule has 0 amide bonds. The number of ether oxygens (including phenoxy) is 2. The van der Waals surface area contributed by atoms with Gasteiger partial charge in [0, 0.05) is 12.8 Å². The van der Waals surface area contributed by atoms with Gasteiger partial charge in [0.15, 0.2) is 6.10 Å². The molecule has 0 bridgehead atoms. The number of allylic oxidation sites excluding steroid dienone is 16. The van der Waals surface area contributed by atoms with Gasteiger partial charge >= 0.3 is 19.8 Å². The van der Waals surface area contributed by atoms with E-state index in [1.807, 2.05) is 70.6 Å². The van der Waals surface area contributed by atoms with Crippen molar-refractivity contribution in [2.45, 2.75) is 148 Å². The topological polar surface area (TPSA) is 129 Å². The van der Waals surface area contributed by atoms with Gasteiger partial charge in [-0.25, -0.2) is 4.57 Å². The Balaban J connectivity index is 4.56. The highest BCUT2D eigenvalue weighted by Gasteiger charge is 2.27. The van der Waals surface area contributed by atoms with Gasteiger partial charge < -0.3 is 24.0 Å². The minimum Gasteiger partial charge on any atom is -0.462 e. The van der Waals surface area contributed by atoms with Crippen molar-refractivity contribution in [1.82, 2.24) is 0 Å². The van der Waals surface area contributed by atoms with Gasteiger partial charge in [-0.1, -0.05) is 142 Å². The fraction of sp³-hybridized carbons (Fsp3) is 0.600. The number of carbonyl (C=O) groups is 2. The van der Waals surface area contributed by atoms with Crippen LogP contribution in [-0.4, -0.2) is 86.1 Å². The summed E-state index contributed by atoms with van der Waals surface area (Å²) in [5.74, 6) is -0.940. The van der Waals surface area contributed by atoms with E-state index in [9.17, 15) is 24.2 Å². The molecule has 0 aliphatic heterocycles. The normalized spacial score (nSPS) is 15.1. The van der Waals surface area contributed by atoms with Crippen LogP contribution < -0.4 is 0 Å². The molecule has 0 saturated heterocycles. The molecule has 0 rings (SSSR count). The minimum absolute atomic E-state index is 0.00249. The number of rotatable bonds is 39. The van der Waals surface area contributed by atoms with Crippen molar-refractivity contribution >= 4 is 19.8 Å². The van der Waals surface area contributed by atoms with Gasteiger partial charge in [0.1, 0.15) is 19.8 Å². The monoisotopic (exact) mass is 873 g/mol. The van der Waals surface area contributed by atoms with Crippen LogP contribution in [0, 0.1) is 0 Å². The predicted octanol–water partition coefficient (Wildman–Crippen LogP) is 12.1. The average Bonchev–Trinajstić information content (AvgIpc) is 3.21. The molecule has 11 heteroatoms. The standard InChI is InChI=1S/C50H82NO9P/c1-6-8-10-11-12-13-14-15-16-17-18-19-20-21-26-29-32-35-38-42-50(54)60-48(46-59-61(55,56)58-44-43-51(3,4)5)45-57-49(53)41-37-34-31-28-25-23-22-24-27-30-33-36-40-47(52)39-9-7-2/h9,12-13,15-16,18-19,21-23,26-28,30-31,33,36,39,47-48,52H,6-8,10-11,14,17,20,24-25,29,32,34-35,37-38,40-46H2,1-5H3/p+1/b13-12-,16-15-,19-18-,23-22-,26-21-,30-27-,31-28-,36-33+,39-9-/t47?,48-/m1/s1. The van der Waals surface area contributed by atoms with Crippen molar-refractivity contribution in [2.75, 3.05) is 47.5 Å². The molecule has 0 radical (unpaired) electrons. The maximum absolute atomic E-state index is 12.7. The molecule has 2 N–H and O–H groups in total. The Morgan fingerprint density at radius 3 is 1.70 bits per heavy atom. The van der Waals surface area contributed by atoms with Crippen molar-refractivity contribution < 1.29 is 47.2 Å². The molecule has 0 aliphatic carbocycles. The number of hydrogen-bond acceptors (Lipinski definition) is 8. The second-order valence-electron chi connectivity index (χ2n) is 15.9. The van der Waals surface area contributed by atoms with E-state index in [4.69, 9.17) is 18.5 Å². The summed E-state index contributed by atoms with van der Waals surface area (Å²) in [6, 6.07) is 0. The number of nitrogens with zero attached hydrogens (tertiary/aromatic N) is 1. The molecule has 10 nitrogen and oxygen atoms in total. The Labute approximate surface area is 370 Å². The lowest BCUT2D eigenvalue weighted by molar-refractivity contribution is -0.870. The van der Waals surface area contributed by atoms with E-state index in [1.54, 1.807) is 0 Å². The molecule has 61 heavy (non-hydrogen) atoms. The highest BCUT2D eigenvalue weighted by Crippen LogP contribution is 2.43. The van der Waals surface area contributed by atoms with Gasteiger partial charge in [-0.15, -0.1) is 0 Å². The maximum Gasteiger partial charge on any atom is 0.472 e. The second-order valence-corrected chi connectivity index (χ2v) is 17.3. The Bertz CT molecular complexity index is 1420. The molecule has 0 aromatic carbocycles. The molecule has 2 unspecified atom stereocenters. The zero-order valence-corrected chi connectivity index (χ0v) is 39.4. The van der Waals surface area contributed by atoms with Crippen molar-refractivity contribution in [1.29, 1.82) is 0 Å². The van der Waals surface area contributed by atoms with Crippen LogP contribution in [0.25, 0.3) is 0 Å². The van der Waals surface area contributed by atoms with E-state index < -0.39 is 38.6 Å². The molecule has 0 heterocycles. The van der Waals surface area contributed by atoms with E-state index in [2.05, 4.69) is 73.8 Å². The molecule has 3 atom stereocenters. The Hall–Kier alpha value is -3.37. The molecule has 0 fully saturated rings. The van der Waals surface area contributed by atoms with Crippen LogP contribution in [0.3, 0.4) is 0 Å². The highest BCUT2D eigenvalue weighted by atomic mass is 31.2. The van der Waals surface area contributed by atoms with Crippen molar-refractivity contribution in [3.05, 3.63) is 109 Å². The fourth-order valence-electron chi connectivity index (χ4n) is 5.29. The van der Waals surface area contributed by atoms with Crippen LogP contribution >= 0.6 is 7.82 Å². The second kappa shape index (κ2) is 40.7. The molecular weight excluding hydrogens is 790 g/mol. The molecule has 0 saturated carbocycles. The Kier molecular flexibility index (Phi) is 38.4. The van der Waals surface area contributed by atoms with Gasteiger partial charge in [-0.05, 0) is 89.9 Å². The molecule has 0 aromatic rings. The summed E-state index contributed by atoms with van der Waals surface area (Å²) in [6.45, 7) is 4.01. The Morgan fingerprint density at radius 2 is 1.13 bits per heavy atom. The summed E-state index contributed by atoms with van der Waals surface area (Å²) in [6.07, 6.45) is 52.0. The van der Waals surface area contributed by atoms with E-state index >= 15 is 0 Å². The number of carbonyl (C=O) groups excluding carboxylic acids is 2. The molecule has 346 valence electrons. The SMILES string of the molecule is CC/C=C\C(O)C/C=C/C=C\C/C=C\C/C=C\CCCC(=O)OC[C@H](COP(=O)(O)OCC[N+](C)(C)C)OC(=O)CCCCC/C=C\C/C=C\C/C=C\C/C=C\CCCCC. The van der Waals surface area contributed by atoms with Crippen molar-refractivity contribution in [2.24, 2.45) is 0 Å². The van der Waals surface area contributed by atoms with Gasteiger partial charge in [0.2, 0.25) is 0 Å². The lowest BCUT2D eigenvalue weighted by Gasteiger charge is -2.24. The third-order valence-corrected chi connectivity index (χ3v) is 9.85. The zero-order valence-electron chi connectivity index (χ0n) is 38.5. The first-order valence-corrected chi connectivity index (χ1v) is 24.2. The van der Waals surface area contributed by atoms with Gasteiger partial charge in [-0.3, -0.25) is 18.6 Å². The number of likely N-dealkylation sites (N-methyl/N-ethyl adjacent to an activating group) is 1. The van der Waals surface area contributed by atoms with Crippen LogP contribution in [0.1, 0.15) is 136 Å². The smallest absolute Gasteiger partial charge is 0.462 e. The third-order valence-electron chi connectivity index (χ3n) is 8.86. The van der Waals surface area contributed by atoms with Gasteiger partial charge in [0.05, 0.1) is 33.9 Å². The molecule has 0 aromatic heterocycles. The number of aliphatic hydroxyl groups is 1. The summed E-state index contributed by atoms with van der Waals surface area (Å²) < 4.78 is 34.2. The first-order chi connectivity index (χ1) is 29.4. The summed E-state index contributed by atoms with van der Waals surface area (Å²) in [5, 5.41) is 9.78. The molecular formula is C50H83NO9P+. The van der Waals surface area contributed by atoms with Crippen LogP contribution in [0.15, 0.2) is 109 Å². The van der Waals surface area contributed by atoms with E-state index in [1.165, 1.54) is 25.7 Å². The van der Waals surface area contributed by atoms with E-state index in [-0.39, 0.29) is 26.1 Å². The first-order valence-electron chi connectivity index (χ1n) is 22.7. The van der Waals surface area contributed by atoms with Crippen LogP contribution in [-0.2, 0) is 32.7 Å². The van der Waals surface area contributed by atoms with Gasteiger partial charge in [0.25, 0.3) is 0 Å². The minimum atomic E-state index is -4.42. The number of phosphoric ester groups is 1. The van der Waals surface area contributed by atoms with Crippen LogP contribution in [0.4, 0.5) is 0 Å².